The third-order valence-corrected chi connectivity index (χ3v) is 9.27. The molecule has 0 N–H and O–H groups in total. The zero-order valence-electron chi connectivity index (χ0n) is 23.4. The van der Waals surface area contributed by atoms with Gasteiger partial charge in [-0.05, 0) is 102 Å². The van der Waals surface area contributed by atoms with E-state index in [0.29, 0.717) is 5.92 Å². The van der Waals surface area contributed by atoms with Gasteiger partial charge in [0.15, 0.2) is 0 Å². The minimum atomic E-state index is 0.442. The molecule has 0 fully saturated rings. The molecule has 0 bridgehead atoms. The summed E-state index contributed by atoms with van der Waals surface area (Å²) in [5.74, 6) is 0.442. The normalized spacial score (nSPS) is 14.8. The number of benzene rings is 7. The molecule has 0 saturated heterocycles. The molecule has 1 aromatic heterocycles. The van der Waals surface area contributed by atoms with Gasteiger partial charge in [-0.25, -0.2) is 0 Å². The maximum absolute atomic E-state index is 6.34. The second-order valence-electron chi connectivity index (χ2n) is 11.7. The molecule has 1 atom stereocenters. The van der Waals surface area contributed by atoms with Crippen LogP contribution in [0.5, 0.6) is 0 Å². The number of hydrogen-bond donors (Lipinski definition) is 0. The van der Waals surface area contributed by atoms with Gasteiger partial charge in [0.1, 0.15) is 11.2 Å². The van der Waals surface area contributed by atoms with Crippen molar-refractivity contribution in [1.29, 1.82) is 0 Å². The molecule has 42 heavy (non-hydrogen) atoms. The molecule has 0 aliphatic heterocycles. The lowest BCUT2D eigenvalue weighted by Gasteiger charge is -2.26. The van der Waals surface area contributed by atoms with Crippen LogP contribution in [-0.2, 0) is 0 Å². The number of rotatable bonds is 2. The van der Waals surface area contributed by atoms with Crippen LogP contribution in [0.25, 0.3) is 82.6 Å². The van der Waals surface area contributed by atoms with Crippen molar-refractivity contribution >= 4 is 60.3 Å². The van der Waals surface area contributed by atoms with Gasteiger partial charge in [-0.3, -0.25) is 0 Å². The van der Waals surface area contributed by atoms with E-state index in [4.69, 9.17) is 4.42 Å². The molecule has 0 amide bonds. The summed E-state index contributed by atoms with van der Waals surface area (Å²) in [6.45, 7) is 2.38. The second kappa shape index (κ2) is 8.93. The van der Waals surface area contributed by atoms with Crippen LogP contribution < -0.4 is 0 Å². The van der Waals surface area contributed by atoms with Crippen LogP contribution >= 0.6 is 0 Å². The standard InChI is InChI=1S/C41H28O/c1-25-11-10-19-31-28-13-3-2-12-26(28)23-36(39(25)31)41-34-17-6-4-15-32(34)40(33-16-5-7-18-35(33)41)27-21-22-30-29-14-8-9-20-37(29)42-38(30)24-27/h2-10,12-25H,11H2,1H3. The highest BCUT2D eigenvalue weighted by Crippen LogP contribution is 2.49. The van der Waals surface area contributed by atoms with Crippen molar-refractivity contribution in [1.82, 2.24) is 0 Å². The zero-order valence-corrected chi connectivity index (χ0v) is 23.4. The lowest BCUT2D eigenvalue weighted by atomic mass is 9.77. The van der Waals surface area contributed by atoms with E-state index < -0.39 is 0 Å². The SMILES string of the molecule is CC1CC=Cc2c1c(-c1c3ccccc3c(-c3ccc4c(c3)oc3ccccc34)c3ccccc13)cc1ccccc21. The third-order valence-electron chi connectivity index (χ3n) is 9.27. The summed E-state index contributed by atoms with van der Waals surface area (Å²) in [4.78, 5) is 0. The zero-order chi connectivity index (χ0) is 27.8. The van der Waals surface area contributed by atoms with E-state index in [2.05, 4.69) is 134 Å². The van der Waals surface area contributed by atoms with E-state index in [1.165, 1.54) is 65.7 Å². The summed E-state index contributed by atoms with van der Waals surface area (Å²) in [5, 5.41) is 10.1. The van der Waals surface area contributed by atoms with Gasteiger partial charge in [0.05, 0.1) is 0 Å². The van der Waals surface area contributed by atoms with Crippen molar-refractivity contribution < 1.29 is 4.42 Å². The van der Waals surface area contributed by atoms with Gasteiger partial charge in [0.2, 0.25) is 0 Å². The van der Waals surface area contributed by atoms with Gasteiger partial charge in [-0.2, -0.15) is 0 Å². The van der Waals surface area contributed by atoms with E-state index in [9.17, 15) is 0 Å². The molecule has 1 heterocycles. The minimum absolute atomic E-state index is 0.442. The number of para-hydroxylation sites is 1. The first-order valence-electron chi connectivity index (χ1n) is 14.8. The minimum Gasteiger partial charge on any atom is -0.456 e. The van der Waals surface area contributed by atoms with Crippen molar-refractivity contribution in [3.63, 3.8) is 0 Å². The Labute approximate surface area is 244 Å². The Balaban J connectivity index is 1.41. The topological polar surface area (TPSA) is 13.1 Å². The van der Waals surface area contributed by atoms with Crippen molar-refractivity contribution in [3.8, 4) is 22.3 Å². The maximum atomic E-state index is 6.34. The summed E-state index contributed by atoms with van der Waals surface area (Å²) in [6.07, 6.45) is 5.75. The molecule has 0 saturated carbocycles. The predicted octanol–water partition coefficient (Wildman–Crippen LogP) is 11.9. The summed E-state index contributed by atoms with van der Waals surface area (Å²) in [7, 11) is 0. The summed E-state index contributed by atoms with van der Waals surface area (Å²) >= 11 is 0. The average molecular weight is 537 g/mol. The molecule has 1 unspecified atom stereocenters. The largest absolute Gasteiger partial charge is 0.456 e. The van der Waals surface area contributed by atoms with Crippen molar-refractivity contribution in [3.05, 3.63) is 139 Å². The first kappa shape index (κ1) is 23.6. The molecule has 198 valence electrons. The Hall–Kier alpha value is -5.14. The smallest absolute Gasteiger partial charge is 0.136 e. The third kappa shape index (κ3) is 3.31. The lowest BCUT2D eigenvalue weighted by Crippen LogP contribution is -2.04. The molecule has 1 nitrogen and oxygen atoms in total. The van der Waals surface area contributed by atoms with E-state index in [0.717, 1.165) is 28.4 Å². The second-order valence-corrected chi connectivity index (χ2v) is 11.7. The molecular weight excluding hydrogens is 508 g/mol. The van der Waals surface area contributed by atoms with Crippen LogP contribution in [0.1, 0.15) is 30.4 Å². The van der Waals surface area contributed by atoms with Crippen LogP contribution in [0, 0.1) is 0 Å². The molecule has 1 aliphatic carbocycles. The number of hydrogen-bond acceptors (Lipinski definition) is 1. The lowest BCUT2D eigenvalue weighted by molar-refractivity contribution is 0.669. The van der Waals surface area contributed by atoms with E-state index >= 15 is 0 Å². The fourth-order valence-electron chi connectivity index (χ4n) is 7.43. The van der Waals surface area contributed by atoms with Crippen LogP contribution in [0.3, 0.4) is 0 Å². The van der Waals surface area contributed by atoms with Crippen molar-refractivity contribution in [2.45, 2.75) is 19.3 Å². The van der Waals surface area contributed by atoms with Gasteiger partial charge < -0.3 is 4.42 Å². The molecule has 9 rings (SSSR count). The Morgan fingerprint density at radius 1 is 0.548 bits per heavy atom. The Morgan fingerprint density at radius 3 is 1.88 bits per heavy atom. The highest BCUT2D eigenvalue weighted by atomic mass is 16.3. The van der Waals surface area contributed by atoms with Gasteiger partial charge in [0.25, 0.3) is 0 Å². The number of allylic oxidation sites excluding steroid dienone is 1. The predicted molar refractivity (Wildman–Crippen MR) is 179 cm³/mol. The first-order chi connectivity index (χ1) is 20.8. The van der Waals surface area contributed by atoms with E-state index in [1.54, 1.807) is 0 Å². The van der Waals surface area contributed by atoms with Gasteiger partial charge in [-0.1, -0.05) is 116 Å². The Morgan fingerprint density at radius 2 is 1.14 bits per heavy atom. The van der Waals surface area contributed by atoms with Crippen molar-refractivity contribution in [2.24, 2.45) is 0 Å². The van der Waals surface area contributed by atoms with E-state index in [-0.39, 0.29) is 0 Å². The molecule has 0 spiro atoms. The van der Waals surface area contributed by atoms with Gasteiger partial charge in [-0.15, -0.1) is 0 Å². The summed E-state index contributed by atoms with van der Waals surface area (Å²) in [5.41, 5.74) is 9.81. The fourth-order valence-corrected chi connectivity index (χ4v) is 7.43. The van der Waals surface area contributed by atoms with Gasteiger partial charge in [0, 0.05) is 10.8 Å². The van der Waals surface area contributed by atoms with Crippen LogP contribution in [0.2, 0.25) is 0 Å². The quantitative estimate of drug-likeness (QED) is 0.200. The molecular formula is C41H28O. The summed E-state index contributed by atoms with van der Waals surface area (Å²) in [6, 6.07) is 44.2. The summed E-state index contributed by atoms with van der Waals surface area (Å²) < 4.78 is 6.34. The number of fused-ring (bicyclic) bond motifs is 8. The molecule has 1 heteroatoms. The molecule has 7 aromatic carbocycles. The van der Waals surface area contributed by atoms with Crippen LogP contribution in [0.15, 0.2) is 132 Å². The van der Waals surface area contributed by atoms with Gasteiger partial charge >= 0.3 is 0 Å². The molecule has 0 radical (unpaired) electrons. The highest BCUT2D eigenvalue weighted by molar-refractivity contribution is 6.23. The van der Waals surface area contributed by atoms with Crippen LogP contribution in [0.4, 0.5) is 0 Å². The number of furan rings is 1. The molecule has 1 aliphatic rings. The maximum Gasteiger partial charge on any atom is 0.136 e. The average Bonchev–Trinajstić information content (AvgIpc) is 3.41. The Bertz CT molecular complexity index is 2340. The van der Waals surface area contributed by atoms with Crippen LogP contribution in [-0.4, -0.2) is 0 Å². The monoisotopic (exact) mass is 536 g/mol. The fraction of sp³-hybridized carbons (Fsp3) is 0.0732. The molecule has 8 aromatic rings. The highest BCUT2D eigenvalue weighted by Gasteiger charge is 2.24. The first-order valence-corrected chi connectivity index (χ1v) is 14.8. The van der Waals surface area contributed by atoms with Crippen molar-refractivity contribution in [2.75, 3.05) is 0 Å². The Kier molecular flexibility index (Phi) is 5.01. The van der Waals surface area contributed by atoms with E-state index in [1.807, 2.05) is 6.07 Å².